The van der Waals surface area contributed by atoms with Gasteiger partial charge in [0, 0.05) is 35.3 Å². The van der Waals surface area contributed by atoms with Gasteiger partial charge >= 0.3 is 0 Å². The molecule has 8 heteroatoms. The van der Waals surface area contributed by atoms with Gasteiger partial charge < -0.3 is 15.0 Å². The van der Waals surface area contributed by atoms with Crippen LogP contribution < -0.4 is 10.1 Å². The Hall–Kier alpha value is -3.94. The fourth-order valence-corrected chi connectivity index (χ4v) is 3.11. The molecule has 1 aliphatic rings. The molecule has 1 amide bonds. The van der Waals surface area contributed by atoms with Crippen molar-refractivity contribution in [3.8, 4) is 22.8 Å². The van der Waals surface area contributed by atoms with Crippen molar-refractivity contribution >= 4 is 22.8 Å². The largest absolute Gasteiger partial charge is 0.437 e. The third kappa shape index (κ3) is 3.47. The lowest BCUT2D eigenvalue weighted by Crippen LogP contribution is -2.07. The smallest absolute Gasteiger partial charge is 0.247 e. The summed E-state index contributed by atoms with van der Waals surface area (Å²) in [5, 5.41) is 7.16. The van der Waals surface area contributed by atoms with Crippen molar-refractivity contribution in [2.75, 3.05) is 5.32 Å². The average Bonchev–Trinajstić information content (AvgIpc) is 3.31. The molecule has 1 saturated carbocycles. The van der Waals surface area contributed by atoms with E-state index in [2.05, 4.69) is 31.9 Å². The van der Waals surface area contributed by atoms with E-state index in [1.54, 1.807) is 30.5 Å². The van der Waals surface area contributed by atoms with Crippen LogP contribution in [0.4, 0.5) is 5.69 Å². The SMILES string of the molecule is C=CC(=O)Nc1cccc(Oc2cnc3[nH]cc(-c4cnn(C5CC5)c4)c3n2)c1. The highest BCUT2D eigenvalue weighted by molar-refractivity contribution is 5.99. The highest BCUT2D eigenvalue weighted by Gasteiger charge is 2.24. The summed E-state index contributed by atoms with van der Waals surface area (Å²) in [4.78, 5) is 23.7. The Balaban J connectivity index is 1.43. The van der Waals surface area contributed by atoms with Crippen LogP contribution in [0.25, 0.3) is 22.3 Å². The number of aromatic amines is 1. The molecule has 2 N–H and O–H groups in total. The van der Waals surface area contributed by atoms with Crippen LogP contribution >= 0.6 is 0 Å². The molecule has 3 aromatic heterocycles. The number of rotatable bonds is 6. The highest BCUT2D eigenvalue weighted by Crippen LogP contribution is 2.36. The molecule has 0 saturated heterocycles. The van der Waals surface area contributed by atoms with Gasteiger partial charge in [-0.05, 0) is 31.1 Å². The lowest BCUT2D eigenvalue weighted by molar-refractivity contribution is -0.111. The van der Waals surface area contributed by atoms with Gasteiger partial charge in [-0.1, -0.05) is 12.6 Å². The topological polar surface area (TPSA) is 97.7 Å². The molecule has 0 aliphatic heterocycles. The lowest BCUT2D eigenvalue weighted by atomic mass is 10.2. The average molecular weight is 386 g/mol. The van der Waals surface area contributed by atoms with E-state index in [1.165, 1.54) is 18.9 Å². The van der Waals surface area contributed by atoms with Gasteiger partial charge in [0.2, 0.25) is 11.8 Å². The highest BCUT2D eigenvalue weighted by atomic mass is 16.5. The van der Waals surface area contributed by atoms with E-state index in [0.717, 1.165) is 11.1 Å². The van der Waals surface area contributed by atoms with E-state index in [0.29, 0.717) is 34.5 Å². The second-order valence-corrected chi connectivity index (χ2v) is 6.87. The Labute approximate surface area is 166 Å². The molecule has 29 heavy (non-hydrogen) atoms. The van der Waals surface area contributed by atoms with Crippen LogP contribution in [-0.4, -0.2) is 30.6 Å². The maximum absolute atomic E-state index is 11.5. The zero-order chi connectivity index (χ0) is 19.8. The third-order valence-electron chi connectivity index (χ3n) is 4.70. The number of nitrogens with one attached hydrogen (secondary N) is 2. The van der Waals surface area contributed by atoms with Crippen molar-refractivity contribution in [3.63, 3.8) is 0 Å². The van der Waals surface area contributed by atoms with Crippen LogP contribution in [-0.2, 0) is 4.79 Å². The molecule has 3 heterocycles. The van der Waals surface area contributed by atoms with Gasteiger partial charge in [0.15, 0.2) is 5.65 Å². The summed E-state index contributed by atoms with van der Waals surface area (Å²) in [6.45, 7) is 3.45. The number of fused-ring (bicyclic) bond motifs is 1. The number of ether oxygens (including phenoxy) is 1. The zero-order valence-electron chi connectivity index (χ0n) is 15.5. The van der Waals surface area contributed by atoms with Gasteiger partial charge in [-0.15, -0.1) is 0 Å². The number of benzene rings is 1. The van der Waals surface area contributed by atoms with Crippen molar-refractivity contribution in [3.05, 3.63) is 61.7 Å². The van der Waals surface area contributed by atoms with Crippen molar-refractivity contribution in [1.82, 2.24) is 24.7 Å². The minimum atomic E-state index is -0.285. The number of hydrogen-bond donors (Lipinski definition) is 2. The van der Waals surface area contributed by atoms with Crippen LogP contribution in [0.1, 0.15) is 18.9 Å². The predicted molar refractivity (Wildman–Crippen MR) is 109 cm³/mol. The van der Waals surface area contributed by atoms with Gasteiger partial charge in [0.05, 0.1) is 18.4 Å². The molecule has 1 fully saturated rings. The summed E-state index contributed by atoms with van der Waals surface area (Å²) in [6.07, 6.45) is 10.9. The summed E-state index contributed by atoms with van der Waals surface area (Å²) in [6, 6.07) is 7.57. The molecule has 1 aromatic carbocycles. The molecule has 144 valence electrons. The number of anilines is 1. The number of carbonyl (C=O) groups is 1. The molecule has 0 atom stereocenters. The van der Waals surface area contributed by atoms with Crippen LogP contribution in [0.3, 0.4) is 0 Å². The number of carbonyl (C=O) groups excluding carboxylic acids is 1. The first kappa shape index (κ1) is 17.2. The number of nitrogens with zero attached hydrogens (tertiary/aromatic N) is 4. The quantitative estimate of drug-likeness (QED) is 0.487. The van der Waals surface area contributed by atoms with Crippen LogP contribution in [0.5, 0.6) is 11.6 Å². The van der Waals surface area contributed by atoms with Gasteiger partial charge in [-0.2, -0.15) is 5.10 Å². The third-order valence-corrected chi connectivity index (χ3v) is 4.70. The first-order valence-corrected chi connectivity index (χ1v) is 9.29. The van der Waals surface area contributed by atoms with E-state index in [9.17, 15) is 4.79 Å². The summed E-state index contributed by atoms with van der Waals surface area (Å²) in [7, 11) is 0. The van der Waals surface area contributed by atoms with Gasteiger partial charge in [-0.3, -0.25) is 9.48 Å². The Morgan fingerprint density at radius 2 is 2.24 bits per heavy atom. The molecule has 8 nitrogen and oxygen atoms in total. The molecule has 0 bridgehead atoms. The maximum Gasteiger partial charge on any atom is 0.247 e. The standard InChI is InChI=1S/C21H18N6O2/c1-2-18(28)25-14-4-3-5-16(8-14)29-19-11-23-21-20(26-19)17(10-22-21)13-9-24-27(12-13)15-6-7-15/h2-5,8-12,15H,1,6-7H2,(H,22,23)(H,25,28). The first-order valence-electron chi connectivity index (χ1n) is 9.29. The van der Waals surface area contributed by atoms with E-state index in [4.69, 9.17) is 4.74 Å². The van der Waals surface area contributed by atoms with Crippen LogP contribution in [0.2, 0.25) is 0 Å². The van der Waals surface area contributed by atoms with Gasteiger partial charge in [-0.25, -0.2) is 9.97 Å². The minimum absolute atomic E-state index is 0.285. The van der Waals surface area contributed by atoms with Crippen molar-refractivity contribution < 1.29 is 9.53 Å². The van der Waals surface area contributed by atoms with E-state index >= 15 is 0 Å². The molecule has 0 unspecified atom stereocenters. The summed E-state index contributed by atoms with van der Waals surface area (Å²) in [5.41, 5.74) is 3.92. The Morgan fingerprint density at radius 1 is 1.34 bits per heavy atom. The first-order chi connectivity index (χ1) is 14.2. The summed E-state index contributed by atoms with van der Waals surface area (Å²) < 4.78 is 7.88. The number of amides is 1. The second kappa shape index (κ2) is 6.90. The maximum atomic E-state index is 11.5. The molecular formula is C21H18N6O2. The summed E-state index contributed by atoms with van der Waals surface area (Å²) >= 11 is 0. The molecule has 0 spiro atoms. The summed E-state index contributed by atoms with van der Waals surface area (Å²) in [5.74, 6) is 0.617. The monoisotopic (exact) mass is 386 g/mol. The van der Waals surface area contributed by atoms with Crippen LogP contribution in [0.15, 0.2) is 61.7 Å². The van der Waals surface area contributed by atoms with E-state index in [1.807, 2.05) is 23.3 Å². The van der Waals surface area contributed by atoms with Gasteiger partial charge in [0.1, 0.15) is 11.3 Å². The number of H-pyrrole nitrogens is 1. The van der Waals surface area contributed by atoms with Crippen molar-refractivity contribution in [2.24, 2.45) is 0 Å². The van der Waals surface area contributed by atoms with Crippen LogP contribution in [0, 0.1) is 0 Å². The fourth-order valence-electron chi connectivity index (χ4n) is 3.11. The Bertz CT molecular complexity index is 1220. The van der Waals surface area contributed by atoms with E-state index in [-0.39, 0.29) is 5.91 Å². The Kier molecular flexibility index (Phi) is 4.09. The number of hydrogen-bond acceptors (Lipinski definition) is 5. The molecule has 0 radical (unpaired) electrons. The predicted octanol–water partition coefficient (Wildman–Crippen LogP) is 4.07. The van der Waals surface area contributed by atoms with Gasteiger partial charge in [0.25, 0.3) is 0 Å². The second-order valence-electron chi connectivity index (χ2n) is 6.87. The minimum Gasteiger partial charge on any atom is -0.437 e. The number of aromatic nitrogens is 5. The zero-order valence-corrected chi connectivity index (χ0v) is 15.5. The fraction of sp³-hybridized carbons (Fsp3) is 0.143. The van der Waals surface area contributed by atoms with Crippen molar-refractivity contribution in [1.29, 1.82) is 0 Å². The van der Waals surface area contributed by atoms with Crippen molar-refractivity contribution in [2.45, 2.75) is 18.9 Å². The molecule has 1 aliphatic carbocycles. The normalized spacial score (nSPS) is 13.4. The Morgan fingerprint density at radius 3 is 3.07 bits per heavy atom. The molecule has 5 rings (SSSR count). The molecule has 4 aromatic rings. The van der Waals surface area contributed by atoms with E-state index < -0.39 is 0 Å². The molecular weight excluding hydrogens is 368 g/mol. The lowest BCUT2D eigenvalue weighted by Gasteiger charge is -2.07.